The Hall–Kier alpha value is -6.38. The van der Waals surface area contributed by atoms with Crippen LogP contribution in [-0.4, -0.2) is 129 Å². The number of fused-ring (bicyclic) bond motifs is 1. The molecule has 5 amide bonds. The first-order chi connectivity index (χ1) is 36.6. The minimum Gasteiger partial charge on any atom is -0.370 e. The van der Waals surface area contributed by atoms with Crippen LogP contribution in [0.3, 0.4) is 0 Å². The standard InChI is InChI=1S/C55H90N14O7/c1-5-7-8-9-10-11-12-13-14-15-16-17-18-24-48(71)66-50(39(3)6-2)52(74)64-46(22-19-20-27-56)54(76)68-31-29-67(30-32-68)42-25-26-44-43(34-42)53(75)69(38-62-44)36-49(72)63-45(23-21-28-60-55(57)58)51(73)65-47(40(4)70)33-41-35-59-37-61-41/h25-26,34-35,37-39,45-47,50H,5-24,27-33,36,56H2,1-4H3,(H,59,61)(H,63,72)(H,64,74)(H,65,73)(H,66,71)(H4,57,58,60)/t39-,45-,46-,47-,50-/m0/s1. The quantitative estimate of drug-likeness (QED) is 0.0228. The number of ketones is 1. The first-order valence-electron chi connectivity index (χ1n) is 28.1. The van der Waals surface area contributed by atoms with Crippen molar-refractivity contribution in [3.8, 4) is 0 Å². The van der Waals surface area contributed by atoms with Crippen molar-refractivity contribution in [2.75, 3.05) is 44.2 Å². The molecule has 0 aliphatic carbocycles. The van der Waals surface area contributed by atoms with E-state index in [9.17, 15) is 33.6 Å². The van der Waals surface area contributed by atoms with Crippen LogP contribution in [0, 0.1) is 5.92 Å². The molecule has 21 heteroatoms. The Morgan fingerprint density at radius 3 is 2.00 bits per heavy atom. The summed E-state index contributed by atoms with van der Waals surface area (Å²) < 4.78 is 1.17. The molecule has 21 nitrogen and oxygen atoms in total. The summed E-state index contributed by atoms with van der Waals surface area (Å²) in [6.07, 6.45) is 23.5. The number of nitrogens with zero attached hydrogens (tertiary/aromatic N) is 6. The molecule has 5 atom stereocenters. The van der Waals surface area contributed by atoms with E-state index in [4.69, 9.17) is 17.2 Å². The van der Waals surface area contributed by atoms with E-state index in [1.807, 2.05) is 19.9 Å². The summed E-state index contributed by atoms with van der Waals surface area (Å²) in [5, 5.41) is 11.8. The molecule has 1 saturated heterocycles. The van der Waals surface area contributed by atoms with Crippen molar-refractivity contribution in [1.29, 1.82) is 0 Å². The van der Waals surface area contributed by atoms with Gasteiger partial charge in [-0.3, -0.25) is 43.1 Å². The largest absolute Gasteiger partial charge is 0.370 e. The molecule has 1 aliphatic rings. The number of imidazole rings is 1. The van der Waals surface area contributed by atoms with Crippen LogP contribution in [0.25, 0.3) is 10.9 Å². The van der Waals surface area contributed by atoms with E-state index in [1.54, 1.807) is 23.2 Å². The van der Waals surface area contributed by atoms with Crippen LogP contribution in [0.5, 0.6) is 0 Å². The van der Waals surface area contributed by atoms with Gasteiger partial charge in [-0.15, -0.1) is 0 Å². The lowest BCUT2D eigenvalue weighted by Crippen LogP contribution is -2.58. The van der Waals surface area contributed by atoms with Gasteiger partial charge in [0.25, 0.3) is 5.56 Å². The molecule has 76 heavy (non-hydrogen) atoms. The Bertz CT molecular complexity index is 2350. The van der Waals surface area contributed by atoms with Crippen LogP contribution >= 0.6 is 0 Å². The first kappa shape index (κ1) is 62.2. The van der Waals surface area contributed by atoms with Crippen LogP contribution in [-0.2, 0) is 41.7 Å². The number of H-pyrrole nitrogens is 1. The topological polar surface area (TPSA) is 311 Å². The molecular formula is C55H90N14O7. The number of hydrogen-bond donors (Lipinski definition) is 8. The number of benzene rings is 1. The van der Waals surface area contributed by atoms with Gasteiger partial charge in [0.2, 0.25) is 29.5 Å². The molecular weight excluding hydrogens is 969 g/mol. The second-order valence-electron chi connectivity index (χ2n) is 20.5. The number of nitrogens with one attached hydrogen (secondary N) is 5. The molecule has 0 radical (unpaired) electrons. The zero-order chi connectivity index (χ0) is 55.2. The zero-order valence-electron chi connectivity index (χ0n) is 45.9. The minimum atomic E-state index is -1.08. The highest BCUT2D eigenvalue weighted by molar-refractivity contribution is 5.93. The second kappa shape index (κ2) is 34.3. The fourth-order valence-electron chi connectivity index (χ4n) is 9.48. The third kappa shape index (κ3) is 21.7. The van der Waals surface area contributed by atoms with Crippen LogP contribution in [0.15, 0.2) is 46.8 Å². The summed E-state index contributed by atoms with van der Waals surface area (Å²) in [6, 6.07) is 1.77. The normalized spacial score (nSPS) is 14.5. The van der Waals surface area contributed by atoms with E-state index in [2.05, 4.69) is 53.0 Å². The summed E-state index contributed by atoms with van der Waals surface area (Å²) in [5.41, 5.74) is 18.1. The lowest BCUT2D eigenvalue weighted by atomic mass is 9.97. The van der Waals surface area contributed by atoms with Crippen molar-refractivity contribution < 1.29 is 28.8 Å². The number of guanidine groups is 1. The maximum atomic E-state index is 14.2. The minimum absolute atomic E-state index is 0.116. The Kier molecular flexibility index (Phi) is 28.1. The second-order valence-corrected chi connectivity index (χ2v) is 20.5. The fourth-order valence-corrected chi connectivity index (χ4v) is 9.48. The van der Waals surface area contributed by atoms with E-state index >= 15 is 0 Å². The maximum Gasteiger partial charge on any atom is 0.261 e. The molecule has 4 rings (SSSR count). The van der Waals surface area contributed by atoms with Gasteiger partial charge >= 0.3 is 0 Å². The number of nitrogens with two attached hydrogens (primary N) is 3. The van der Waals surface area contributed by atoms with E-state index in [0.717, 1.165) is 24.9 Å². The number of carbonyl (C=O) groups is 6. The van der Waals surface area contributed by atoms with Crippen LogP contribution < -0.4 is 48.9 Å². The van der Waals surface area contributed by atoms with Crippen molar-refractivity contribution in [3.63, 3.8) is 0 Å². The van der Waals surface area contributed by atoms with Gasteiger partial charge in [-0.1, -0.05) is 104 Å². The highest BCUT2D eigenvalue weighted by atomic mass is 16.2. The number of unbranched alkanes of at least 4 members (excludes halogenated alkanes) is 13. The van der Waals surface area contributed by atoms with Crippen LogP contribution in [0.2, 0.25) is 0 Å². The van der Waals surface area contributed by atoms with Gasteiger partial charge in [0.15, 0.2) is 11.7 Å². The summed E-state index contributed by atoms with van der Waals surface area (Å²) in [4.78, 5) is 114. The number of aromatic nitrogens is 4. The highest BCUT2D eigenvalue weighted by Crippen LogP contribution is 2.22. The first-order valence-corrected chi connectivity index (χ1v) is 28.1. The van der Waals surface area contributed by atoms with Gasteiger partial charge in [0.1, 0.15) is 24.7 Å². The number of piperazine rings is 1. The SMILES string of the molecule is CCCCCCCCCCCCCCCC(=O)N[C@H](C(=O)N[C@@H](CCCCN)C(=O)N1CCN(c2ccc3ncn(CC(=O)N[C@@H](CCCN=C(N)N)C(=O)N[C@@H](Cc4cnc[nH]4)C(C)=O)c(=O)c3c2)CC1)[C@@H](C)CC. The van der Waals surface area contributed by atoms with Crippen molar-refractivity contribution in [2.45, 2.75) is 193 Å². The predicted octanol–water partition coefficient (Wildman–Crippen LogP) is 4.25. The van der Waals surface area contributed by atoms with Gasteiger partial charge in [-0.25, -0.2) is 9.97 Å². The lowest BCUT2D eigenvalue weighted by molar-refractivity contribution is -0.138. The molecule has 1 aliphatic heterocycles. The Morgan fingerprint density at radius 1 is 0.750 bits per heavy atom. The number of rotatable bonds is 37. The average Bonchev–Trinajstić information content (AvgIpc) is 3.93. The summed E-state index contributed by atoms with van der Waals surface area (Å²) >= 11 is 0. The molecule has 3 aromatic rings. The molecule has 0 bridgehead atoms. The average molecular weight is 1060 g/mol. The van der Waals surface area contributed by atoms with Crippen molar-refractivity contribution >= 4 is 57.9 Å². The van der Waals surface area contributed by atoms with E-state index in [-0.39, 0.29) is 60.2 Å². The zero-order valence-corrected chi connectivity index (χ0v) is 45.9. The van der Waals surface area contributed by atoms with Gasteiger partial charge in [-0.2, -0.15) is 0 Å². The Balaban J connectivity index is 1.33. The number of aromatic amines is 1. The smallest absolute Gasteiger partial charge is 0.261 e. The molecule has 1 aromatic carbocycles. The van der Waals surface area contributed by atoms with Gasteiger partial charge in [-0.05, 0) is 76.1 Å². The molecule has 0 unspecified atom stereocenters. The van der Waals surface area contributed by atoms with Crippen molar-refractivity contribution in [3.05, 3.63) is 53.1 Å². The third-order valence-corrected chi connectivity index (χ3v) is 14.3. The molecule has 1 fully saturated rings. The van der Waals surface area contributed by atoms with Crippen LogP contribution in [0.1, 0.15) is 162 Å². The fraction of sp³-hybridized carbons (Fsp3) is 0.673. The Morgan fingerprint density at radius 2 is 1.39 bits per heavy atom. The lowest BCUT2D eigenvalue weighted by Gasteiger charge is -2.38. The van der Waals surface area contributed by atoms with Crippen molar-refractivity contribution in [1.82, 2.24) is 45.7 Å². The molecule has 11 N–H and O–H groups in total. The van der Waals surface area contributed by atoms with E-state index in [0.29, 0.717) is 82.5 Å². The number of carbonyl (C=O) groups excluding carboxylic acids is 6. The number of aliphatic imine (C=N–C) groups is 1. The number of hydrogen-bond acceptors (Lipinski definition) is 12. The van der Waals surface area contributed by atoms with Crippen molar-refractivity contribution in [2.24, 2.45) is 28.1 Å². The molecule has 422 valence electrons. The van der Waals surface area contributed by atoms with E-state index in [1.165, 1.54) is 88.4 Å². The number of Topliss-reactive ketones (excluding diaryl/α,β-unsaturated/α-hetero) is 1. The molecule has 3 heterocycles. The monoisotopic (exact) mass is 1060 g/mol. The van der Waals surface area contributed by atoms with Gasteiger partial charge in [0, 0.05) is 63.1 Å². The number of anilines is 1. The summed E-state index contributed by atoms with van der Waals surface area (Å²) in [7, 11) is 0. The summed E-state index contributed by atoms with van der Waals surface area (Å²) in [5.74, 6) is -2.49. The summed E-state index contributed by atoms with van der Waals surface area (Å²) in [6.45, 7) is 9.35. The van der Waals surface area contributed by atoms with Crippen LogP contribution in [0.4, 0.5) is 5.69 Å². The molecule has 2 aromatic heterocycles. The van der Waals surface area contributed by atoms with E-state index < -0.39 is 48.1 Å². The molecule has 0 spiro atoms. The Labute approximate surface area is 449 Å². The highest BCUT2D eigenvalue weighted by Gasteiger charge is 2.33. The predicted molar refractivity (Wildman–Crippen MR) is 298 cm³/mol. The maximum absolute atomic E-state index is 14.2. The van der Waals surface area contributed by atoms with Gasteiger partial charge < -0.3 is 53.3 Å². The van der Waals surface area contributed by atoms with Gasteiger partial charge in [0.05, 0.1) is 29.6 Å². The molecule has 0 saturated carbocycles. The third-order valence-electron chi connectivity index (χ3n) is 14.3. The number of amides is 5.